The molecule has 0 saturated heterocycles. The second-order valence-corrected chi connectivity index (χ2v) is 10.8. The summed E-state index contributed by atoms with van der Waals surface area (Å²) >= 11 is 3.37. The van der Waals surface area contributed by atoms with Crippen molar-refractivity contribution in [3.8, 4) is 0 Å². The van der Waals surface area contributed by atoms with Crippen molar-refractivity contribution in [1.82, 2.24) is 9.97 Å². The fraction of sp³-hybridized carbons (Fsp3) is 0.357. The molecule has 0 atom stereocenters. The van der Waals surface area contributed by atoms with Gasteiger partial charge in [-0.25, -0.2) is 9.97 Å². The monoisotopic (exact) mass is 475 g/mol. The van der Waals surface area contributed by atoms with Crippen molar-refractivity contribution in [2.75, 3.05) is 5.32 Å². The Morgan fingerprint density at radius 3 is 2.42 bits per heavy atom. The van der Waals surface area contributed by atoms with Crippen LogP contribution in [0.3, 0.4) is 0 Å². The number of hydrogen-bond acceptors (Lipinski definition) is 5. The Morgan fingerprint density at radius 1 is 0.909 bits per heavy atom. The third kappa shape index (κ3) is 7.31. The molecule has 0 aliphatic heterocycles. The zero-order valence-electron chi connectivity index (χ0n) is 19.6. The molecule has 0 radical (unpaired) electrons. The summed E-state index contributed by atoms with van der Waals surface area (Å²) in [6, 6.07) is 22.7. The molecule has 33 heavy (non-hydrogen) atoms. The molecule has 0 unspecified atom stereocenters. The lowest BCUT2D eigenvalue weighted by Crippen LogP contribution is -2.04. The van der Waals surface area contributed by atoms with E-state index in [1.807, 2.05) is 31.2 Å². The zero-order valence-corrected chi connectivity index (χ0v) is 21.2. The summed E-state index contributed by atoms with van der Waals surface area (Å²) in [7, 11) is 0. The molecule has 1 aliphatic rings. The highest BCUT2D eigenvalue weighted by Crippen LogP contribution is 2.32. The highest BCUT2D eigenvalue weighted by atomic mass is 32.2. The molecule has 3 nitrogen and oxygen atoms in total. The van der Waals surface area contributed by atoms with Crippen molar-refractivity contribution < 1.29 is 0 Å². The predicted molar refractivity (Wildman–Crippen MR) is 144 cm³/mol. The molecule has 1 fully saturated rings. The molecule has 1 saturated carbocycles. The third-order valence-corrected chi connectivity index (χ3v) is 7.79. The Kier molecular flexibility index (Phi) is 8.79. The van der Waals surface area contributed by atoms with Crippen molar-refractivity contribution >= 4 is 44.3 Å². The van der Waals surface area contributed by atoms with Gasteiger partial charge in [-0.05, 0) is 49.2 Å². The Bertz CT molecular complexity index is 1100. The van der Waals surface area contributed by atoms with Gasteiger partial charge in [0.2, 0.25) is 0 Å². The molecule has 0 spiro atoms. The maximum absolute atomic E-state index is 4.61. The van der Waals surface area contributed by atoms with Gasteiger partial charge in [0.15, 0.2) is 5.13 Å². The number of rotatable bonds is 6. The molecule has 172 valence electrons. The summed E-state index contributed by atoms with van der Waals surface area (Å²) in [5, 5.41) is 4.21. The normalized spacial score (nSPS) is 14.0. The van der Waals surface area contributed by atoms with Gasteiger partial charge in [-0.3, -0.25) is 0 Å². The van der Waals surface area contributed by atoms with Crippen LogP contribution in [0, 0.1) is 12.8 Å². The molecule has 5 rings (SSSR count). The van der Waals surface area contributed by atoms with Crippen LogP contribution in [0.25, 0.3) is 10.2 Å². The number of nitrogens with one attached hydrogen (secondary N) is 1. The summed E-state index contributed by atoms with van der Waals surface area (Å²) in [6.07, 6.45) is 10.4. The van der Waals surface area contributed by atoms with Crippen LogP contribution in [0.1, 0.15) is 57.6 Å². The maximum atomic E-state index is 4.61. The zero-order chi connectivity index (χ0) is 22.9. The summed E-state index contributed by atoms with van der Waals surface area (Å²) in [6.45, 7) is 4.31. The minimum absolute atomic E-state index is 0.826. The van der Waals surface area contributed by atoms with Gasteiger partial charge in [-0.15, -0.1) is 0 Å². The molecular formula is C28H33N3S2. The van der Waals surface area contributed by atoms with Crippen LogP contribution in [0.4, 0.5) is 10.9 Å². The molecule has 4 aromatic rings. The summed E-state index contributed by atoms with van der Waals surface area (Å²) in [5.41, 5.74) is 2.00. The van der Waals surface area contributed by atoms with Crippen LogP contribution >= 0.6 is 23.1 Å². The average molecular weight is 476 g/mol. The van der Waals surface area contributed by atoms with Crippen molar-refractivity contribution in [3.63, 3.8) is 0 Å². The Morgan fingerprint density at radius 2 is 1.67 bits per heavy atom. The highest BCUT2D eigenvalue weighted by molar-refractivity contribution is 7.99. The van der Waals surface area contributed by atoms with Gasteiger partial charge in [0, 0.05) is 15.5 Å². The number of para-hydroxylation sites is 1. The molecule has 0 amide bonds. The Balaban J connectivity index is 0.000000243. The number of thiazole rings is 1. The van der Waals surface area contributed by atoms with Crippen LogP contribution in [0.2, 0.25) is 0 Å². The number of anilines is 2. The number of aryl methyl sites for hydroxylation is 1. The van der Waals surface area contributed by atoms with Crippen molar-refractivity contribution in [1.29, 1.82) is 0 Å². The average Bonchev–Trinajstić information content (AvgIpc) is 3.23. The number of benzene rings is 2. The van der Waals surface area contributed by atoms with E-state index in [-0.39, 0.29) is 0 Å². The fourth-order valence-corrected chi connectivity index (χ4v) is 6.14. The first-order valence-electron chi connectivity index (χ1n) is 12.0. The fourth-order valence-electron chi connectivity index (χ4n) is 4.30. The van der Waals surface area contributed by atoms with Gasteiger partial charge in [-0.2, -0.15) is 0 Å². The molecule has 2 aromatic heterocycles. The van der Waals surface area contributed by atoms with Crippen molar-refractivity contribution in [3.05, 3.63) is 72.4 Å². The second-order valence-electron chi connectivity index (χ2n) is 8.65. The van der Waals surface area contributed by atoms with Crippen molar-refractivity contribution in [2.24, 2.45) is 5.92 Å². The molecular weight excluding hydrogens is 442 g/mol. The number of pyridine rings is 1. The molecule has 5 heteroatoms. The van der Waals surface area contributed by atoms with Gasteiger partial charge >= 0.3 is 0 Å². The van der Waals surface area contributed by atoms with Gasteiger partial charge < -0.3 is 5.32 Å². The quantitative estimate of drug-likeness (QED) is 0.301. The molecule has 0 bridgehead atoms. The number of hydrogen-bond donors (Lipinski definition) is 1. The SMILES string of the molecule is CCCC1CCCCC1.Cc1cc(Sc2ccccc2)cc(Nc2nc3ccccc3s2)n1. The first kappa shape index (κ1) is 23.8. The number of aromatic nitrogens is 2. The van der Waals surface area contributed by atoms with Crippen LogP contribution in [-0.2, 0) is 0 Å². The van der Waals surface area contributed by atoms with Crippen LogP contribution in [-0.4, -0.2) is 9.97 Å². The van der Waals surface area contributed by atoms with E-state index < -0.39 is 0 Å². The standard InChI is InChI=1S/C19H15N3S2.C9H18/c1-13-11-15(23-14-7-3-2-4-8-14)12-18(20-13)22-19-21-16-9-5-6-10-17(16)24-19;1-2-6-9-7-4-3-5-8-9/h2-12H,1H3,(H,20,21,22);9H,2-8H2,1H3. The third-order valence-electron chi connectivity index (χ3n) is 5.86. The van der Waals surface area contributed by atoms with Gasteiger partial charge in [0.25, 0.3) is 0 Å². The topological polar surface area (TPSA) is 37.8 Å². The van der Waals surface area contributed by atoms with E-state index in [1.165, 1.54) is 54.5 Å². The number of nitrogens with zero attached hydrogens (tertiary/aromatic N) is 2. The minimum Gasteiger partial charge on any atom is -0.316 e. The lowest BCUT2D eigenvalue weighted by molar-refractivity contribution is 0.336. The highest BCUT2D eigenvalue weighted by Gasteiger charge is 2.11. The van der Waals surface area contributed by atoms with Crippen LogP contribution in [0.15, 0.2) is 76.5 Å². The van der Waals surface area contributed by atoms with E-state index in [4.69, 9.17) is 0 Å². The van der Waals surface area contributed by atoms with E-state index in [0.29, 0.717) is 0 Å². The smallest absolute Gasteiger partial charge is 0.189 e. The summed E-state index contributed by atoms with van der Waals surface area (Å²) < 4.78 is 1.17. The lowest BCUT2D eigenvalue weighted by atomic mass is 9.86. The predicted octanol–water partition coefficient (Wildman–Crippen LogP) is 9.26. The maximum Gasteiger partial charge on any atom is 0.189 e. The van der Waals surface area contributed by atoms with Gasteiger partial charge in [0.05, 0.1) is 10.2 Å². The van der Waals surface area contributed by atoms with Crippen LogP contribution < -0.4 is 5.32 Å². The largest absolute Gasteiger partial charge is 0.316 e. The van der Waals surface area contributed by atoms with E-state index in [2.05, 4.69) is 64.7 Å². The summed E-state index contributed by atoms with van der Waals surface area (Å²) in [4.78, 5) is 11.6. The molecule has 2 heterocycles. The first-order valence-corrected chi connectivity index (χ1v) is 13.7. The van der Waals surface area contributed by atoms with E-state index in [0.717, 1.165) is 33.0 Å². The minimum atomic E-state index is 0.826. The Labute approximate surface area is 206 Å². The van der Waals surface area contributed by atoms with E-state index in [1.54, 1.807) is 23.1 Å². The molecule has 1 aliphatic carbocycles. The van der Waals surface area contributed by atoms with Gasteiger partial charge in [-0.1, -0.05) is 105 Å². The first-order chi connectivity index (χ1) is 16.2. The second kappa shape index (κ2) is 12.2. The van der Waals surface area contributed by atoms with Crippen molar-refractivity contribution in [2.45, 2.75) is 68.6 Å². The summed E-state index contributed by atoms with van der Waals surface area (Å²) in [5.74, 6) is 1.93. The van der Waals surface area contributed by atoms with Crippen LogP contribution in [0.5, 0.6) is 0 Å². The number of fused-ring (bicyclic) bond motifs is 1. The van der Waals surface area contributed by atoms with E-state index in [9.17, 15) is 0 Å². The Hall–Kier alpha value is -2.37. The van der Waals surface area contributed by atoms with E-state index >= 15 is 0 Å². The molecule has 2 aromatic carbocycles. The lowest BCUT2D eigenvalue weighted by Gasteiger charge is -2.20. The van der Waals surface area contributed by atoms with Gasteiger partial charge in [0.1, 0.15) is 5.82 Å². The molecule has 1 N–H and O–H groups in total.